The molecule has 2 heterocycles. The van der Waals surface area contributed by atoms with Gasteiger partial charge in [0.05, 0.1) is 5.69 Å². The smallest absolute Gasteiger partial charge is 0.0544 e. The van der Waals surface area contributed by atoms with Crippen molar-refractivity contribution in [1.82, 2.24) is 15.2 Å². The largest absolute Gasteiger partial charge is 0.313 e. The topological polar surface area (TPSA) is 28.2 Å². The summed E-state index contributed by atoms with van der Waals surface area (Å²) in [7, 11) is 0. The minimum atomic E-state index is 0.623. The molecular formula is C15H24BrN3. The van der Waals surface area contributed by atoms with Crippen LogP contribution in [0.4, 0.5) is 0 Å². The van der Waals surface area contributed by atoms with Crippen molar-refractivity contribution in [2.75, 3.05) is 19.6 Å². The van der Waals surface area contributed by atoms with Gasteiger partial charge in [-0.2, -0.15) is 0 Å². The fourth-order valence-electron chi connectivity index (χ4n) is 2.68. The van der Waals surface area contributed by atoms with Gasteiger partial charge in [-0.25, -0.2) is 0 Å². The van der Waals surface area contributed by atoms with E-state index in [0.717, 1.165) is 35.7 Å². The van der Waals surface area contributed by atoms with Crippen molar-refractivity contribution in [3.8, 4) is 0 Å². The molecule has 106 valence electrons. The van der Waals surface area contributed by atoms with E-state index in [1.165, 1.54) is 19.4 Å². The molecule has 2 rings (SSSR count). The Labute approximate surface area is 124 Å². The minimum absolute atomic E-state index is 0.623. The minimum Gasteiger partial charge on any atom is -0.313 e. The van der Waals surface area contributed by atoms with Crippen LogP contribution in [0.3, 0.4) is 0 Å². The highest BCUT2D eigenvalue weighted by molar-refractivity contribution is 9.10. The van der Waals surface area contributed by atoms with Gasteiger partial charge in [0, 0.05) is 29.8 Å². The number of rotatable bonds is 4. The molecule has 4 heteroatoms. The molecule has 0 saturated carbocycles. The summed E-state index contributed by atoms with van der Waals surface area (Å²) in [5.41, 5.74) is 1.16. The van der Waals surface area contributed by atoms with Gasteiger partial charge in [0.2, 0.25) is 0 Å². The van der Waals surface area contributed by atoms with E-state index in [2.05, 4.69) is 57.1 Å². The van der Waals surface area contributed by atoms with Gasteiger partial charge in [0.25, 0.3) is 0 Å². The van der Waals surface area contributed by atoms with Crippen LogP contribution in [0.2, 0.25) is 0 Å². The van der Waals surface area contributed by atoms with Gasteiger partial charge in [-0.3, -0.25) is 9.88 Å². The van der Waals surface area contributed by atoms with E-state index in [1.54, 1.807) is 0 Å². The van der Waals surface area contributed by atoms with E-state index in [-0.39, 0.29) is 0 Å². The Hall–Kier alpha value is -0.450. The predicted octanol–water partition coefficient (Wildman–Crippen LogP) is 3.05. The molecule has 1 aliphatic rings. The molecule has 1 atom stereocenters. The maximum atomic E-state index is 4.48. The predicted molar refractivity (Wildman–Crippen MR) is 83.1 cm³/mol. The first-order valence-corrected chi connectivity index (χ1v) is 7.99. The van der Waals surface area contributed by atoms with Gasteiger partial charge in [0.15, 0.2) is 0 Å². The molecule has 0 radical (unpaired) electrons. The molecule has 19 heavy (non-hydrogen) atoms. The second-order valence-electron chi connectivity index (χ2n) is 5.84. The SMILES string of the molecule is CC(C)CC1CN(Cc2ccc(Br)cn2)CCCN1. The van der Waals surface area contributed by atoms with Gasteiger partial charge < -0.3 is 5.32 Å². The Balaban J connectivity index is 1.92. The Kier molecular flexibility index (Phi) is 5.79. The number of nitrogens with one attached hydrogen (secondary N) is 1. The van der Waals surface area contributed by atoms with Gasteiger partial charge in [0.1, 0.15) is 0 Å². The van der Waals surface area contributed by atoms with E-state index < -0.39 is 0 Å². The molecule has 1 aromatic heterocycles. The summed E-state index contributed by atoms with van der Waals surface area (Å²) >= 11 is 3.43. The van der Waals surface area contributed by atoms with Crippen LogP contribution < -0.4 is 5.32 Å². The van der Waals surface area contributed by atoms with Crippen molar-refractivity contribution in [2.24, 2.45) is 5.92 Å². The molecule has 1 fully saturated rings. The zero-order valence-electron chi connectivity index (χ0n) is 11.9. The highest BCUT2D eigenvalue weighted by Gasteiger charge is 2.18. The van der Waals surface area contributed by atoms with Crippen LogP contribution in [-0.2, 0) is 6.54 Å². The summed E-state index contributed by atoms with van der Waals surface area (Å²) in [5, 5.41) is 3.67. The summed E-state index contributed by atoms with van der Waals surface area (Å²) in [5.74, 6) is 0.753. The Bertz CT molecular complexity index is 377. The Morgan fingerprint density at radius 1 is 1.47 bits per heavy atom. The fraction of sp³-hybridized carbons (Fsp3) is 0.667. The zero-order valence-corrected chi connectivity index (χ0v) is 13.5. The maximum Gasteiger partial charge on any atom is 0.0544 e. The molecule has 1 saturated heterocycles. The van der Waals surface area contributed by atoms with Crippen LogP contribution in [0.25, 0.3) is 0 Å². The lowest BCUT2D eigenvalue weighted by Crippen LogP contribution is -2.38. The quantitative estimate of drug-likeness (QED) is 0.922. The van der Waals surface area contributed by atoms with Crippen molar-refractivity contribution in [3.63, 3.8) is 0 Å². The molecular weight excluding hydrogens is 302 g/mol. The Morgan fingerprint density at radius 2 is 2.32 bits per heavy atom. The van der Waals surface area contributed by atoms with Crippen LogP contribution in [-0.4, -0.2) is 35.6 Å². The number of hydrogen-bond donors (Lipinski definition) is 1. The summed E-state index contributed by atoms with van der Waals surface area (Å²) < 4.78 is 1.05. The second kappa shape index (κ2) is 7.36. The molecule has 1 aromatic rings. The van der Waals surface area contributed by atoms with Crippen LogP contribution in [0.1, 0.15) is 32.4 Å². The summed E-state index contributed by atoms with van der Waals surface area (Å²) in [6.07, 6.45) is 4.37. The van der Waals surface area contributed by atoms with Crippen molar-refractivity contribution in [1.29, 1.82) is 0 Å². The molecule has 0 amide bonds. The number of hydrogen-bond acceptors (Lipinski definition) is 3. The lowest BCUT2D eigenvalue weighted by Gasteiger charge is -2.25. The Morgan fingerprint density at radius 3 is 3.00 bits per heavy atom. The molecule has 0 aromatic carbocycles. The van der Waals surface area contributed by atoms with Crippen molar-refractivity contribution in [3.05, 3.63) is 28.5 Å². The third-order valence-corrected chi connectivity index (χ3v) is 3.96. The lowest BCUT2D eigenvalue weighted by molar-refractivity contribution is 0.245. The van der Waals surface area contributed by atoms with E-state index >= 15 is 0 Å². The van der Waals surface area contributed by atoms with E-state index in [4.69, 9.17) is 0 Å². The van der Waals surface area contributed by atoms with E-state index in [0.29, 0.717) is 6.04 Å². The van der Waals surface area contributed by atoms with Crippen LogP contribution in [0, 0.1) is 5.92 Å². The fourth-order valence-corrected chi connectivity index (χ4v) is 2.91. The molecule has 1 unspecified atom stereocenters. The van der Waals surface area contributed by atoms with Crippen LogP contribution in [0.15, 0.2) is 22.8 Å². The first-order chi connectivity index (χ1) is 9.13. The normalized spacial score (nSPS) is 21.6. The molecule has 0 aliphatic carbocycles. The first kappa shape index (κ1) is 14.9. The summed E-state index contributed by atoms with van der Waals surface area (Å²) in [6, 6.07) is 4.81. The monoisotopic (exact) mass is 325 g/mol. The molecule has 1 N–H and O–H groups in total. The number of aromatic nitrogens is 1. The second-order valence-corrected chi connectivity index (χ2v) is 6.75. The average molecular weight is 326 g/mol. The van der Waals surface area contributed by atoms with Crippen molar-refractivity contribution in [2.45, 2.75) is 39.3 Å². The average Bonchev–Trinajstić information content (AvgIpc) is 2.57. The lowest BCUT2D eigenvalue weighted by atomic mass is 10.0. The van der Waals surface area contributed by atoms with Crippen molar-refractivity contribution >= 4 is 15.9 Å². The van der Waals surface area contributed by atoms with Gasteiger partial charge in [-0.05, 0) is 59.9 Å². The summed E-state index contributed by atoms with van der Waals surface area (Å²) in [4.78, 5) is 7.01. The molecule has 1 aliphatic heterocycles. The molecule has 0 bridgehead atoms. The van der Waals surface area contributed by atoms with E-state index in [1.807, 2.05) is 6.20 Å². The number of halogens is 1. The third-order valence-electron chi connectivity index (χ3n) is 3.49. The number of nitrogens with zero attached hydrogens (tertiary/aromatic N) is 2. The summed E-state index contributed by atoms with van der Waals surface area (Å²) in [6.45, 7) is 9.00. The van der Waals surface area contributed by atoms with Gasteiger partial charge in [-0.1, -0.05) is 13.8 Å². The number of pyridine rings is 1. The molecule has 3 nitrogen and oxygen atoms in total. The van der Waals surface area contributed by atoms with Gasteiger partial charge in [-0.15, -0.1) is 0 Å². The first-order valence-electron chi connectivity index (χ1n) is 7.19. The van der Waals surface area contributed by atoms with Crippen LogP contribution in [0.5, 0.6) is 0 Å². The highest BCUT2D eigenvalue weighted by Crippen LogP contribution is 2.13. The van der Waals surface area contributed by atoms with Crippen molar-refractivity contribution < 1.29 is 0 Å². The maximum absolute atomic E-state index is 4.48. The van der Waals surface area contributed by atoms with Gasteiger partial charge >= 0.3 is 0 Å². The van der Waals surface area contributed by atoms with E-state index in [9.17, 15) is 0 Å². The van der Waals surface area contributed by atoms with Crippen LogP contribution >= 0.6 is 15.9 Å². The zero-order chi connectivity index (χ0) is 13.7. The molecule has 0 spiro atoms. The third kappa shape index (κ3) is 5.21. The standard InChI is InChI=1S/C15H24BrN3/c1-12(2)8-15-11-19(7-3-6-17-15)10-14-5-4-13(16)9-18-14/h4-5,9,12,15,17H,3,6-8,10-11H2,1-2H3. The highest BCUT2D eigenvalue weighted by atomic mass is 79.9.